The van der Waals surface area contributed by atoms with Gasteiger partial charge in [0.1, 0.15) is 6.04 Å². The molecule has 0 bridgehead atoms. The van der Waals surface area contributed by atoms with Crippen LogP contribution in [0.3, 0.4) is 0 Å². The summed E-state index contributed by atoms with van der Waals surface area (Å²) in [4.78, 5) is 31.8. The molecule has 3 heterocycles. The van der Waals surface area contributed by atoms with E-state index in [9.17, 15) is 9.59 Å². The third-order valence-electron chi connectivity index (χ3n) is 4.90. The first-order valence-electron chi connectivity index (χ1n) is 9.25. The highest BCUT2D eigenvalue weighted by Crippen LogP contribution is 2.26. The topological polar surface area (TPSA) is 75.4 Å². The van der Waals surface area contributed by atoms with Gasteiger partial charge in [-0.25, -0.2) is 4.98 Å². The summed E-state index contributed by atoms with van der Waals surface area (Å²) in [5, 5.41) is 5.56. The minimum atomic E-state index is -0.475. The van der Waals surface area contributed by atoms with Gasteiger partial charge in [-0.2, -0.15) is 0 Å². The molecular formula is C21H21N3O3S2. The Morgan fingerprint density at radius 3 is 2.90 bits per heavy atom. The summed E-state index contributed by atoms with van der Waals surface area (Å²) in [6, 6.07) is 9.00. The van der Waals surface area contributed by atoms with Crippen LogP contribution in [-0.4, -0.2) is 39.4 Å². The monoisotopic (exact) mass is 427 g/mol. The van der Waals surface area contributed by atoms with Gasteiger partial charge < -0.3 is 14.6 Å². The molecule has 2 amide bonds. The van der Waals surface area contributed by atoms with Crippen molar-refractivity contribution in [3.05, 3.63) is 58.8 Å². The molecule has 1 aromatic carbocycles. The first-order valence-corrected chi connectivity index (χ1v) is 11.3. The van der Waals surface area contributed by atoms with Crippen LogP contribution in [0.1, 0.15) is 16.8 Å². The number of aromatic nitrogens is 1. The number of amides is 2. The molecule has 1 N–H and O–H groups in total. The average Bonchev–Trinajstić information content (AvgIpc) is 3.45. The second kappa shape index (κ2) is 8.42. The van der Waals surface area contributed by atoms with Crippen molar-refractivity contribution >= 4 is 40.6 Å². The lowest BCUT2D eigenvalue weighted by atomic mass is 10.1. The maximum absolute atomic E-state index is 12.9. The van der Waals surface area contributed by atoms with Gasteiger partial charge in [-0.1, -0.05) is 6.07 Å². The fourth-order valence-electron chi connectivity index (χ4n) is 3.11. The number of rotatable bonds is 5. The molecule has 1 unspecified atom stereocenters. The Labute approximate surface area is 177 Å². The zero-order valence-electron chi connectivity index (χ0n) is 16.2. The minimum Gasteiger partial charge on any atom is -0.462 e. The third kappa shape index (κ3) is 4.38. The molecule has 6 nitrogen and oxygen atoms in total. The van der Waals surface area contributed by atoms with Crippen molar-refractivity contribution in [1.82, 2.24) is 9.88 Å². The molecule has 1 aliphatic rings. The fourth-order valence-corrected chi connectivity index (χ4v) is 5.08. The van der Waals surface area contributed by atoms with Crippen LogP contribution in [0, 0.1) is 13.8 Å². The fraction of sp³-hybridized carbons (Fsp3) is 0.286. The predicted molar refractivity (Wildman–Crippen MR) is 116 cm³/mol. The number of nitrogens with one attached hydrogen (secondary N) is 1. The molecule has 8 heteroatoms. The van der Waals surface area contributed by atoms with Crippen LogP contribution in [-0.2, 0) is 16.0 Å². The van der Waals surface area contributed by atoms with E-state index in [1.165, 1.54) is 16.9 Å². The number of nitrogens with zero attached hydrogens (tertiary/aromatic N) is 2. The summed E-state index contributed by atoms with van der Waals surface area (Å²) in [5.41, 5.74) is 3.74. The molecule has 0 spiro atoms. The summed E-state index contributed by atoms with van der Waals surface area (Å²) in [7, 11) is 0. The molecule has 0 saturated carbocycles. The second-order valence-electron chi connectivity index (χ2n) is 6.97. The van der Waals surface area contributed by atoms with Crippen molar-refractivity contribution in [2.45, 2.75) is 26.3 Å². The smallest absolute Gasteiger partial charge is 0.248 e. The molecule has 0 aliphatic carbocycles. The molecule has 150 valence electrons. The van der Waals surface area contributed by atoms with Crippen molar-refractivity contribution in [3.8, 4) is 10.8 Å². The molecule has 1 aliphatic heterocycles. The number of hydrogen-bond donors (Lipinski definition) is 1. The highest BCUT2D eigenvalue weighted by atomic mass is 32.2. The van der Waals surface area contributed by atoms with Gasteiger partial charge in [-0.05, 0) is 49.2 Å². The van der Waals surface area contributed by atoms with Gasteiger partial charge in [0.2, 0.25) is 11.8 Å². The number of hydrogen-bond acceptors (Lipinski definition) is 6. The molecule has 1 saturated heterocycles. The van der Waals surface area contributed by atoms with E-state index in [0.29, 0.717) is 23.1 Å². The van der Waals surface area contributed by atoms with Crippen LogP contribution in [0.25, 0.3) is 10.8 Å². The molecule has 1 atom stereocenters. The van der Waals surface area contributed by atoms with Crippen LogP contribution < -0.4 is 5.32 Å². The van der Waals surface area contributed by atoms with Crippen LogP contribution in [0.4, 0.5) is 5.69 Å². The maximum atomic E-state index is 12.9. The Morgan fingerprint density at radius 1 is 1.28 bits per heavy atom. The van der Waals surface area contributed by atoms with E-state index in [1.807, 2.05) is 49.6 Å². The van der Waals surface area contributed by atoms with Gasteiger partial charge in [-0.3, -0.25) is 9.59 Å². The van der Waals surface area contributed by atoms with Gasteiger partial charge in [0.25, 0.3) is 0 Å². The predicted octanol–water partition coefficient (Wildman–Crippen LogP) is 4.10. The first-order chi connectivity index (χ1) is 14.0. The van der Waals surface area contributed by atoms with E-state index in [0.717, 1.165) is 16.3 Å². The van der Waals surface area contributed by atoms with Crippen molar-refractivity contribution in [2.24, 2.45) is 0 Å². The highest BCUT2D eigenvalue weighted by molar-refractivity contribution is 7.99. The summed E-state index contributed by atoms with van der Waals surface area (Å²) in [6.45, 7) is 4.04. The van der Waals surface area contributed by atoms with Crippen LogP contribution in [0.5, 0.6) is 0 Å². The van der Waals surface area contributed by atoms with E-state index >= 15 is 0 Å². The number of furan rings is 1. The standard InChI is InChI=1S/C21H21N3O3S2/c1-13-5-6-15(8-14(13)2)22-20(26)17-11-28-12-24(17)19(25)9-16-10-29-21(23-16)18-4-3-7-27-18/h3-8,10,17H,9,11-12H2,1-2H3,(H,22,26). The Bertz CT molecular complexity index is 1030. The Morgan fingerprint density at radius 2 is 2.14 bits per heavy atom. The van der Waals surface area contributed by atoms with Gasteiger partial charge in [0.05, 0.1) is 24.3 Å². The van der Waals surface area contributed by atoms with E-state index in [-0.39, 0.29) is 18.2 Å². The molecule has 2 aromatic heterocycles. The first kappa shape index (κ1) is 19.7. The Hall–Kier alpha value is -2.58. The number of carbonyl (C=O) groups excluding carboxylic acids is 2. The molecular weight excluding hydrogens is 406 g/mol. The lowest BCUT2D eigenvalue weighted by molar-refractivity contribution is -0.135. The van der Waals surface area contributed by atoms with Crippen LogP contribution in [0.15, 0.2) is 46.4 Å². The van der Waals surface area contributed by atoms with Crippen molar-refractivity contribution in [3.63, 3.8) is 0 Å². The van der Waals surface area contributed by atoms with E-state index in [2.05, 4.69) is 10.3 Å². The van der Waals surface area contributed by atoms with Gasteiger partial charge in [0, 0.05) is 16.8 Å². The van der Waals surface area contributed by atoms with Crippen LogP contribution in [0.2, 0.25) is 0 Å². The van der Waals surface area contributed by atoms with Crippen molar-refractivity contribution in [1.29, 1.82) is 0 Å². The zero-order chi connectivity index (χ0) is 20.4. The zero-order valence-corrected chi connectivity index (χ0v) is 17.8. The van der Waals surface area contributed by atoms with Gasteiger partial charge in [-0.15, -0.1) is 23.1 Å². The number of carbonyl (C=O) groups is 2. The molecule has 29 heavy (non-hydrogen) atoms. The second-order valence-corrected chi connectivity index (χ2v) is 8.82. The Balaban J connectivity index is 1.41. The summed E-state index contributed by atoms with van der Waals surface area (Å²) in [5.74, 6) is 1.56. The molecule has 3 aromatic rings. The third-order valence-corrected chi connectivity index (χ3v) is 6.81. The summed E-state index contributed by atoms with van der Waals surface area (Å²) >= 11 is 3.03. The number of thioether (sulfide) groups is 1. The SMILES string of the molecule is Cc1ccc(NC(=O)C2CSCN2C(=O)Cc2csc(-c3ccco3)n2)cc1C. The number of thiazole rings is 1. The van der Waals surface area contributed by atoms with Crippen LogP contribution >= 0.6 is 23.1 Å². The molecule has 0 radical (unpaired) electrons. The molecule has 4 rings (SSSR count). The Kier molecular flexibility index (Phi) is 5.73. The largest absolute Gasteiger partial charge is 0.462 e. The van der Waals surface area contributed by atoms with E-state index < -0.39 is 6.04 Å². The molecule has 1 fully saturated rings. The number of anilines is 1. The lowest BCUT2D eigenvalue weighted by Crippen LogP contribution is -2.45. The highest BCUT2D eigenvalue weighted by Gasteiger charge is 2.34. The van der Waals surface area contributed by atoms with Crippen molar-refractivity contribution < 1.29 is 14.0 Å². The number of aryl methyl sites for hydroxylation is 2. The minimum absolute atomic E-state index is 0.0912. The quantitative estimate of drug-likeness (QED) is 0.663. The maximum Gasteiger partial charge on any atom is 0.248 e. The summed E-state index contributed by atoms with van der Waals surface area (Å²) < 4.78 is 5.35. The van der Waals surface area contributed by atoms with Crippen molar-refractivity contribution in [2.75, 3.05) is 16.9 Å². The average molecular weight is 428 g/mol. The van der Waals surface area contributed by atoms with E-state index in [4.69, 9.17) is 4.42 Å². The van der Waals surface area contributed by atoms with Gasteiger partial charge in [0.15, 0.2) is 10.8 Å². The van der Waals surface area contributed by atoms with E-state index in [1.54, 1.807) is 22.9 Å². The lowest BCUT2D eigenvalue weighted by Gasteiger charge is -2.23. The summed E-state index contributed by atoms with van der Waals surface area (Å²) in [6.07, 6.45) is 1.77. The normalized spacial score (nSPS) is 16.2. The van der Waals surface area contributed by atoms with Gasteiger partial charge >= 0.3 is 0 Å². The number of benzene rings is 1.